The molecule has 0 spiro atoms. The Labute approximate surface area is 245 Å². The number of rotatable bonds is 12. The Bertz CT molecular complexity index is 1580. The number of hydrogen-bond acceptors (Lipinski definition) is 6. The van der Waals surface area contributed by atoms with E-state index >= 15 is 0 Å². The third-order valence-electron chi connectivity index (χ3n) is 6.95. The second-order valence-corrected chi connectivity index (χ2v) is 10.4. The minimum Gasteiger partial charge on any atom is -0.494 e. The van der Waals surface area contributed by atoms with Crippen LogP contribution in [-0.2, 0) is 20.7 Å². The van der Waals surface area contributed by atoms with E-state index in [1.165, 1.54) is 12.1 Å². The maximum absolute atomic E-state index is 14.0. The Kier molecular flexibility index (Phi) is 10.1. The molecule has 0 saturated heterocycles. The molecule has 0 atom stereocenters. The summed E-state index contributed by atoms with van der Waals surface area (Å²) in [5.74, 6) is -0.796. The van der Waals surface area contributed by atoms with Crippen LogP contribution in [0.1, 0.15) is 42.9 Å². The lowest BCUT2D eigenvalue weighted by atomic mass is 9.97. The summed E-state index contributed by atoms with van der Waals surface area (Å²) in [6, 6.07) is 19.2. The van der Waals surface area contributed by atoms with Crippen LogP contribution in [0.5, 0.6) is 5.88 Å². The predicted octanol–water partition coefficient (Wildman–Crippen LogP) is 5.98. The Morgan fingerprint density at radius 3 is 2.48 bits per heavy atom. The highest BCUT2D eigenvalue weighted by Gasteiger charge is 2.20. The van der Waals surface area contributed by atoms with Gasteiger partial charge in [0.2, 0.25) is 5.91 Å². The summed E-state index contributed by atoms with van der Waals surface area (Å²) < 4.78 is 19.0. The molecule has 4 rings (SSSR count). The molecule has 0 aliphatic heterocycles. The maximum atomic E-state index is 14.0. The largest absolute Gasteiger partial charge is 0.494 e. The average molecular weight is 573 g/mol. The number of aryl methyl sites for hydroxylation is 1. The van der Waals surface area contributed by atoms with E-state index in [0.29, 0.717) is 52.9 Å². The van der Waals surface area contributed by atoms with Crippen LogP contribution in [0.3, 0.4) is 0 Å². The summed E-state index contributed by atoms with van der Waals surface area (Å²) in [4.78, 5) is 36.1. The first-order chi connectivity index (χ1) is 20.2. The van der Waals surface area contributed by atoms with E-state index in [2.05, 4.69) is 9.88 Å². The number of carbonyl (C=O) groups excluding carboxylic acids is 2. The number of fused-ring (bicyclic) bond motifs is 1. The van der Waals surface area contributed by atoms with Gasteiger partial charge in [-0.25, -0.2) is 9.38 Å². The molecule has 4 aromatic rings. The average Bonchev–Trinajstić information content (AvgIpc) is 3.29. The number of carbonyl (C=O) groups is 2. The minimum atomic E-state index is -0.425. The highest BCUT2D eigenvalue weighted by Crippen LogP contribution is 2.32. The normalized spacial score (nSPS) is 11.7. The Morgan fingerprint density at radius 2 is 1.76 bits per heavy atom. The van der Waals surface area contributed by atoms with Crippen LogP contribution in [0.4, 0.5) is 15.8 Å². The molecule has 0 aliphatic carbocycles. The molecule has 1 aromatic heterocycles. The highest BCUT2D eigenvalue weighted by atomic mass is 19.1. The van der Waals surface area contributed by atoms with E-state index in [1.54, 1.807) is 24.9 Å². The number of benzene rings is 3. The van der Waals surface area contributed by atoms with Gasteiger partial charge in [0.25, 0.3) is 0 Å². The minimum absolute atomic E-state index is 0.0318. The van der Waals surface area contributed by atoms with E-state index < -0.39 is 5.82 Å². The van der Waals surface area contributed by atoms with Crippen molar-refractivity contribution in [3.63, 3.8) is 0 Å². The molecule has 0 radical (unpaired) electrons. The topological polar surface area (TPSA) is 98.2 Å². The van der Waals surface area contributed by atoms with Crippen molar-refractivity contribution in [3.05, 3.63) is 89.2 Å². The van der Waals surface area contributed by atoms with Crippen LogP contribution < -0.4 is 4.90 Å². The molecular weight excluding hydrogens is 535 g/mol. The first-order valence-electron chi connectivity index (χ1n) is 14.0. The number of halogens is 1. The summed E-state index contributed by atoms with van der Waals surface area (Å²) in [6.45, 7) is 2.94. The number of ether oxygens (including phenoxy) is 1. The molecule has 9 heteroatoms. The molecule has 220 valence electrons. The zero-order chi connectivity index (χ0) is 30.2. The lowest BCUT2D eigenvalue weighted by molar-refractivity contribution is -0.143. The predicted molar refractivity (Wildman–Crippen MR) is 164 cm³/mol. The molecule has 0 bridgehead atoms. The number of nitrogens with one attached hydrogen (secondary N) is 1. The van der Waals surface area contributed by atoms with Gasteiger partial charge in [-0.1, -0.05) is 18.2 Å². The lowest BCUT2D eigenvalue weighted by Gasteiger charge is -2.18. The van der Waals surface area contributed by atoms with Crippen molar-refractivity contribution in [2.45, 2.75) is 32.6 Å². The van der Waals surface area contributed by atoms with Gasteiger partial charge >= 0.3 is 5.97 Å². The monoisotopic (exact) mass is 572 g/mol. The number of aromatic nitrogens is 1. The van der Waals surface area contributed by atoms with E-state index in [1.807, 2.05) is 62.6 Å². The van der Waals surface area contributed by atoms with Crippen LogP contribution >= 0.6 is 0 Å². The number of anilines is 1. The van der Waals surface area contributed by atoms with E-state index in [4.69, 9.17) is 9.73 Å². The van der Waals surface area contributed by atoms with Gasteiger partial charge in [0, 0.05) is 36.5 Å². The van der Waals surface area contributed by atoms with E-state index in [0.717, 1.165) is 24.2 Å². The van der Waals surface area contributed by atoms with Gasteiger partial charge < -0.3 is 24.6 Å². The van der Waals surface area contributed by atoms with Gasteiger partial charge in [-0.05, 0) is 94.5 Å². The summed E-state index contributed by atoms with van der Waals surface area (Å²) in [7, 11) is 5.72. The number of hydrogen-bond donors (Lipinski definition) is 2. The quantitative estimate of drug-likeness (QED) is 0.161. The van der Waals surface area contributed by atoms with Gasteiger partial charge in [-0.2, -0.15) is 0 Å². The number of amides is 1. The third kappa shape index (κ3) is 7.61. The van der Waals surface area contributed by atoms with E-state index in [-0.39, 0.29) is 24.2 Å². The number of H-pyrrole nitrogens is 1. The van der Waals surface area contributed by atoms with Crippen LogP contribution in [0.2, 0.25) is 0 Å². The fourth-order valence-electron chi connectivity index (χ4n) is 4.75. The molecule has 1 heterocycles. The van der Waals surface area contributed by atoms with Crippen molar-refractivity contribution >= 4 is 39.9 Å². The molecule has 3 aromatic carbocycles. The molecule has 1 amide bonds. The summed E-state index contributed by atoms with van der Waals surface area (Å²) >= 11 is 0. The van der Waals surface area contributed by atoms with Crippen molar-refractivity contribution in [1.29, 1.82) is 0 Å². The van der Waals surface area contributed by atoms with Gasteiger partial charge in [0.1, 0.15) is 5.82 Å². The molecule has 42 heavy (non-hydrogen) atoms. The fourth-order valence-corrected chi connectivity index (χ4v) is 4.75. The van der Waals surface area contributed by atoms with Crippen LogP contribution in [-0.4, -0.2) is 66.9 Å². The Balaban J connectivity index is 1.69. The van der Waals surface area contributed by atoms with E-state index in [9.17, 15) is 19.1 Å². The van der Waals surface area contributed by atoms with Crippen LogP contribution in [0, 0.1) is 5.82 Å². The lowest BCUT2D eigenvalue weighted by Crippen LogP contribution is -2.27. The van der Waals surface area contributed by atoms with Crippen molar-refractivity contribution in [3.8, 4) is 5.88 Å². The number of aromatic amines is 1. The summed E-state index contributed by atoms with van der Waals surface area (Å²) in [6.07, 6.45) is 1.95. The smallest absolute Gasteiger partial charge is 0.306 e. The van der Waals surface area contributed by atoms with Crippen molar-refractivity contribution in [2.24, 2.45) is 4.99 Å². The van der Waals surface area contributed by atoms with Crippen molar-refractivity contribution in [1.82, 2.24) is 9.88 Å². The second-order valence-electron chi connectivity index (χ2n) is 10.4. The van der Waals surface area contributed by atoms with Crippen molar-refractivity contribution < 1.29 is 23.8 Å². The van der Waals surface area contributed by atoms with Crippen LogP contribution in [0.25, 0.3) is 10.9 Å². The molecule has 0 unspecified atom stereocenters. The number of nitrogens with zero attached hydrogens (tertiary/aromatic N) is 3. The number of aliphatic imine (C=N–C) groups is 1. The standard InChI is InChI=1S/C33H37FN4O4/c1-5-42-30(40)18-11-22-8-6-9-23(20-22)32(31-27-17-12-24(34)21-28(27)36-33(31)41)35-25-13-15-26(16-14-25)38(4)29(39)10-7-19-37(2)3/h6,8-9,12-17,20-21,36,41H,5,7,10-11,18-19H2,1-4H3. The number of aromatic hydroxyl groups is 1. The Morgan fingerprint density at radius 1 is 1.00 bits per heavy atom. The Hall–Kier alpha value is -4.50. The SMILES string of the molecule is CCOC(=O)CCc1cccc(C(=Nc2ccc(N(C)C(=O)CCCN(C)C)cc2)c2c(O)[nH]c3cc(F)ccc23)c1. The zero-order valence-electron chi connectivity index (χ0n) is 24.5. The molecule has 8 nitrogen and oxygen atoms in total. The van der Waals surface area contributed by atoms with Gasteiger partial charge in [0.15, 0.2) is 5.88 Å². The van der Waals surface area contributed by atoms with Gasteiger partial charge in [0.05, 0.1) is 29.1 Å². The first-order valence-corrected chi connectivity index (χ1v) is 14.0. The highest BCUT2D eigenvalue weighted by molar-refractivity contribution is 6.22. The second kappa shape index (κ2) is 13.9. The van der Waals surface area contributed by atoms with Gasteiger partial charge in [-0.15, -0.1) is 0 Å². The zero-order valence-corrected chi connectivity index (χ0v) is 24.5. The molecule has 0 aliphatic rings. The first kappa shape index (κ1) is 30.5. The molecule has 0 fully saturated rings. The maximum Gasteiger partial charge on any atom is 0.306 e. The molecular formula is C33H37FN4O4. The van der Waals surface area contributed by atoms with Crippen molar-refractivity contribution in [2.75, 3.05) is 39.2 Å². The third-order valence-corrected chi connectivity index (χ3v) is 6.95. The fraction of sp³-hybridized carbons (Fsp3) is 0.303. The summed E-state index contributed by atoms with van der Waals surface area (Å²) in [5, 5.41) is 11.6. The molecule has 2 N–H and O–H groups in total. The summed E-state index contributed by atoms with van der Waals surface area (Å²) in [5.41, 5.74) is 4.33. The number of esters is 1. The van der Waals surface area contributed by atoms with Crippen LogP contribution in [0.15, 0.2) is 71.7 Å². The molecule has 0 saturated carbocycles. The van der Waals surface area contributed by atoms with Gasteiger partial charge in [-0.3, -0.25) is 9.59 Å².